The third kappa shape index (κ3) is 3.11. The predicted octanol–water partition coefficient (Wildman–Crippen LogP) is 2.49. The Balaban J connectivity index is 1.82. The summed E-state index contributed by atoms with van der Waals surface area (Å²) < 4.78 is 1.91. The van der Waals surface area contributed by atoms with E-state index in [1.165, 1.54) is 11.3 Å². The molecular formula is C13H13N5OS2. The van der Waals surface area contributed by atoms with Crippen LogP contribution in [0.4, 0.5) is 5.13 Å². The number of nitrogen functional groups attached to an aromatic ring is 1. The number of nitrogens with two attached hydrogens (primary N) is 1. The molecule has 0 aliphatic heterocycles. The molecule has 3 heterocycles. The second-order valence-electron chi connectivity index (χ2n) is 4.26. The molecular weight excluding hydrogens is 306 g/mol. The van der Waals surface area contributed by atoms with Crippen LogP contribution >= 0.6 is 22.7 Å². The van der Waals surface area contributed by atoms with Gasteiger partial charge in [0.2, 0.25) is 0 Å². The predicted molar refractivity (Wildman–Crippen MR) is 84.5 cm³/mol. The van der Waals surface area contributed by atoms with E-state index in [0.29, 0.717) is 11.7 Å². The third-order valence-electron chi connectivity index (χ3n) is 2.75. The lowest BCUT2D eigenvalue weighted by Crippen LogP contribution is -2.07. The Morgan fingerprint density at radius 1 is 1.48 bits per heavy atom. The minimum Gasteiger partial charge on any atom is -0.389 e. The van der Waals surface area contributed by atoms with Crippen molar-refractivity contribution < 1.29 is 4.84 Å². The van der Waals surface area contributed by atoms with E-state index in [1.54, 1.807) is 23.9 Å². The van der Waals surface area contributed by atoms with Gasteiger partial charge < -0.3 is 15.1 Å². The molecule has 0 bridgehead atoms. The first kappa shape index (κ1) is 13.8. The van der Waals surface area contributed by atoms with Gasteiger partial charge >= 0.3 is 0 Å². The van der Waals surface area contributed by atoms with Crippen LogP contribution in [0, 0.1) is 0 Å². The molecule has 0 unspecified atom stereocenters. The first-order valence-corrected chi connectivity index (χ1v) is 7.90. The first-order chi connectivity index (χ1) is 10.2. The fourth-order valence-electron chi connectivity index (χ4n) is 1.77. The lowest BCUT2D eigenvalue weighted by Gasteiger charge is -2.05. The molecule has 0 aromatic carbocycles. The molecule has 0 aliphatic carbocycles. The van der Waals surface area contributed by atoms with Gasteiger partial charge in [0.1, 0.15) is 5.71 Å². The van der Waals surface area contributed by atoms with E-state index in [1.807, 2.05) is 34.5 Å². The Bertz CT molecular complexity index is 744. The summed E-state index contributed by atoms with van der Waals surface area (Å²) in [5, 5.41) is 8.66. The first-order valence-electron chi connectivity index (χ1n) is 6.14. The van der Waals surface area contributed by atoms with Crippen molar-refractivity contribution in [1.29, 1.82) is 0 Å². The number of aryl methyl sites for hydroxylation is 1. The normalized spacial score (nSPS) is 11.8. The molecule has 0 spiro atoms. The van der Waals surface area contributed by atoms with E-state index in [9.17, 15) is 0 Å². The van der Waals surface area contributed by atoms with Gasteiger partial charge in [-0.15, -0.1) is 22.7 Å². The van der Waals surface area contributed by atoms with Crippen molar-refractivity contribution in [3.05, 3.63) is 51.7 Å². The number of anilines is 1. The number of hydrogen-bond donors (Lipinski definition) is 1. The fraction of sp³-hybridized carbons (Fsp3) is 0.154. The van der Waals surface area contributed by atoms with Crippen LogP contribution in [0.2, 0.25) is 0 Å². The molecule has 0 fully saturated rings. The summed E-state index contributed by atoms with van der Waals surface area (Å²) in [5.74, 6) is 0. The van der Waals surface area contributed by atoms with Crippen molar-refractivity contribution >= 4 is 33.5 Å². The van der Waals surface area contributed by atoms with E-state index < -0.39 is 0 Å². The number of imidazole rings is 1. The standard InChI is InChI=1S/C13H13N5OS2/c1-18-8-15-5-10(18)12(11-3-2-4-20-11)17-19-6-9-7-21-13(14)16-9/h2-5,7-8H,6H2,1H3,(H2,14,16). The molecule has 6 nitrogen and oxygen atoms in total. The maximum atomic E-state index is 5.59. The number of aromatic nitrogens is 3. The number of rotatable bonds is 5. The number of nitrogens with zero attached hydrogens (tertiary/aromatic N) is 4. The van der Waals surface area contributed by atoms with Crippen LogP contribution in [0.3, 0.4) is 0 Å². The third-order valence-corrected chi connectivity index (χ3v) is 4.35. The zero-order valence-corrected chi connectivity index (χ0v) is 12.9. The minimum absolute atomic E-state index is 0.292. The highest BCUT2D eigenvalue weighted by Gasteiger charge is 2.13. The maximum Gasteiger partial charge on any atom is 0.180 e. The molecule has 0 saturated heterocycles. The maximum absolute atomic E-state index is 5.59. The Kier molecular flexibility index (Phi) is 3.98. The second-order valence-corrected chi connectivity index (χ2v) is 6.09. The number of thiophene rings is 1. The van der Waals surface area contributed by atoms with Crippen LogP contribution in [0.5, 0.6) is 0 Å². The summed E-state index contributed by atoms with van der Waals surface area (Å²) in [7, 11) is 1.92. The van der Waals surface area contributed by atoms with E-state index in [2.05, 4.69) is 15.1 Å². The SMILES string of the molecule is Cn1cncc1C(=NOCc1csc(N)n1)c1cccs1. The van der Waals surface area contributed by atoms with Gasteiger partial charge in [-0.25, -0.2) is 9.97 Å². The van der Waals surface area contributed by atoms with Gasteiger partial charge in [-0.2, -0.15) is 0 Å². The highest BCUT2D eigenvalue weighted by Crippen LogP contribution is 2.17. The summed E-state index contributed by atoms with van der Waals surface area (Å²) in [6, 6.07) is 3.98. The number of oxime groups is 1. The summed E-state index contributed by atoms with van der Waals surface area (Å²) >= 11 is 2.99. The molecule has 0 atom stereocenters. The summed E-state index contributed by atoms with van der Waals surface area (Å²) in [5.41, 5.74) is 8.02. The molecule has 3 rings (SSSR count). The van der Waals surface area contributed by atoms with Crippen LogP contribution in [0.1, 0.15) is 16.3 Å². The molecule has 0 radical (unpaired) electrons. The van der Waals surface area contributed by atoms with E-state index in [0.717, 1.165) is 22.0 Å². The van der Waals surface area contributed by atoms with Crippen LogP contribution in [0.15, 0.2) is 40.6 Å². The summed E-state index contributed by atoms with van der Waals surface area (Å²) in [4.78, 5) is 14.7. The van der Waals surface area contributed by atoms with Crippen LogP contribution in [-0.2, 0) is 18.5 Å². The average molecular weight is 319 g/mol. The minimum atomic E-state index is 0.292. The molecule has 3 aromatic heterocycles. The molecule has 0 aliphatic rings. The van der Waals surface area contributed by atoms with Crippen molar-refractivity contribution in [3.63, 3.8) is 0 Å². The zero-order valence-electron chi connectivity index (χ0n) is 11.3. The Labute approximate surface area is 129 Å². The van der Waals surface area contributed by atoms with Crippen molar-refractivity contribution in [2.24, 2.45) is 12.2 Å². The molecule has 108 valence electrons. The van der Waals surface area contributed by atoms with E-state index in [4.69, 9.17) is 10.6 Å². The molecule has 0 amide bonds. The van der Waals surface area contributed by atoms with Crippen LogP contribution < -0.4 is 5.73 Å². The summed E-state index contributed by atoms with van der Waals surface area (Å²) in [6.45, 7) is 0.292. The van der Waals surface area contributed by atoms with Crippen molar-refractivity contribution in [2.75, 3.05) is 5.73 Å². The molecule has 2 N–H and O–H groups in total. The lowest BCUT2D eigenvalue weighted by atomic mass is 10.2. The molecule has 21 heavy (non-hydrogen) atoms. The molecule has 0 saturated carbocycles. The largest absolute Gasteiger partial charge is 0.389 e. The van der Waals surface area contributed by atoms with Crippen molar-refractivity contribution in [1.82, 2.24) is 14.5 Å². The number of hydrogen-bond acceptors (Lipinski definition) is 7. The fourth-order valence-corrected chi connectivity index (χ4v) is 3.03. The van der Waals surface area contributed by atoms with Gasteiger partial charge in [0.15, 0.2) is 11.7 Å². The Morgan fingerprint density at radius 2 is 2.38 bits per heavy atom. The van der Waals surface area contributed by atoms with Crippen LogP contribution in [-0.4, -0.2) is 20.2 Å². The zero-order chi connectivity index (χ0) is 14.7. The van der Waals surface area contributed by atoms with Gasteiger partial charge in [0, 0.05) is 12.4 Å². The van der Waals surface area contributed by atoms with E-state index in [-0.39, 0.29) is 0 Å². The van der Waals surface area contributed by atoms with Crippen molar-refractivity contribution in [2.45, 2.75) is 6.61 Å². The van der Waals surface area contributed by atoms with Gasteiger partial charge in [-0.3, -0.25) is 0 Å². The van der Waals surface area contributed by atoms with Gasteiger partial charge in [-0.05, 0) is 11.4 Å². The molecule has 3 aromatic rings. The Hall–Kier alpha value is -2.19. The van der Waals surface area contributed by atoms with Crippen LogP contribution in [0.25, 0.3) is 0 Å². The smallest absolute Gasteiger partial charge is 0.180 e. The second kappa shape index (κ2) is 6.06. The van der Waals surface area contributed by atoms with E-state index >= 15 is 0 Å². The number of thiazole rings is 1. The summed E-state index contributed by atoms with van der Waals surface area (Å²) in [6.07, 6.45) is 3.50. The lowest BCUT2D eigenvalue weighted by molar-refractivity contribution is 0.128. The topological polar surface area (TPSA) is 78.3 Å². The monoisotopic (exact) mass is 319 g/mol. The molecule has 8 heteroatoms. The highest BCUT2D eigenvalue weighted by atomic mass is 32.1. The van der Waals surface area contributed by atoms with Gasteiger partial charge in [-0.1, -0.05) is 11.2 Å². The van der Waals surface area contributed by atoms with Crippen molar-refractivity contribution in [3.8, 4) is 0 Å². The van der Waals surface area contributed by atoms with Gasteiger partial charge in [0.05, 0.1) is 28.8 Å². The average Bonchev–Trinajstić information content (AvgIpc) is 3.18. The highest BCUT2D eigenvalue weighted by molar-refractivity contribution is 7.13. The van der Waals surface area contributed by atoms with Gasteiger partial charge in [0.25, 0.3) is 0 Å². The Morgan fingerprint density at radius 3 is 3.00 bits per heavy atom. The quantitative estimate of drug-likeness (QED) is 0.579.